The Morgan fingerprint density at radius 2 is 1.46 bits per heavy atom. The largest absolute Gasteiger partial charge is 0.467 e. The first-order chi connectivity index (χ1) is 11.7. The lowest BCUT2D eigenvalue weighted by Crippen LogP contribution is -2.53. The highest BCUT2D eigenvalue weighted by Crippen LogP contribution is 2.20. The zero-order valence-electron chi connectivity index (χ0n) is 16.5. The monoisotopic (exact) mass is 371 g/mol. The number of aliphatic hydroxyl groups is 1. The molecule has 8 nitrogen and oxygen atoms in total. The minimum absolute atomic E-state index is 0.0655. The van der Waals surface area contributed by atoms with Crippen LogP contribution in [0.2, 0.25) is 0 Å². The van der Waals surface area contributed by atoms with Crippen molar-refractivity contribution in [2.45, 2.75) is 77.7 Å². The molecule has 0 bridgehead atoms. The van der Waals surface area contributed by atoms with Crippen molar-refractivity contribution in [2.75, 3.05) is 7.11 Å². The van der Waals surface area contributed by atoms with Crippen molar-refractivity contribution >= 4 is 18.2 Å². The maximum atomic E-state index is 12.6. The number of hydrogen-bond donors (Lipinski definition) is 1. The average molecular weight is 371 g/mol. The van der Waals surface area contributed by atoms with Gasteiger partial charge in [0.25, 0.3) is 0 Å². The molecule has 0 saturated carbocycles. The Kier molecular flexibility index (Phi) is 8.61. The van der Waals surface area contributed by atoms with Gasteiger partial charge >= 0.3 is 18.2 Å². The number of amides is 2. The van der Waals surface area contributed by atoms with Crippen molar-refractivity contribution in [1.82, 2.24) is 4.90 Å². The Labute approximate surface area is 154 Å². The molecule has 0 aliphatic heterocycles. The molecule has 0 aliphatic carbocycles. The van der Waals surface area contributed by atoms with Crippen LogP contribution >= 0.6 is 0 Å². The molecule has 0 aromatic carbocycles. The SMILES string of the molecule is C#CC[C@H](O)C[C@@H](C(=O)OC)N(C(=O)OC(C)(C)C)C(=O)OC(C)(C)C. The Balaban J connectivity index is 5.85. The summed E-state index contributed by atoms with van der Waals surface area (Å²) >= 11 is 0. The van der Waals surface area contributed by atoms with Crippen LogP contribution in [0.25, 0.3) is 0 Å². The first-order valence-corrected chi connectivity index (χ1v) is 8.16. The van der Waals surface area contributed by atoms with E-state index < -0.39 is 41.5 Å². The first-order valence-electron chi connectivity index (χ1n) is 8.16. The van der Waals surface area contributed by atoms with Gasteiger partial charge in [0, 0.05) is 12.8 Å². The topological polar surface area (TPSA) is 102 Å². The summed E-state index contributed by atoms with van der Waals surface area (Å²) in [5.41, 5.74) is -1.84. The van der Waals surface area contributed by atoms with E-state index >= 15 is 0 Å². The van der Waals surface area contributed by atoms with Crippen LogP contribution in [-0.4, -0.2) is 58.6 Å². The third-order valence-corrected chi connectivity index (χ3v) is 2.81. The van der Waals surface area contributed by atoms with Crippen molar-refractivity contribution in [3.8, 4) is 12.3 Å². The summed E-state index contributed by atoms with van der Waals surface area (Å²) in [5.74, 6) is 1.35. The van der Waals surface area contributed by atoms with Gasteiger partial charge in [-0.25, -0.2) is 14.4 Å². The third kappa shape index (κ3) is 8.72. The molecule has 2 atom stereocenters. The Hall–Kier alpha value is -2.27. The van der Waals surface area contributed by atoms with E-state index in [0.29, 0.717) is 4.90 Å². The molecular weight excluding hydrogens is 342 g/mol. The minimum Gasteiger partial charge on any atom is -0.467 e. The van der Waals surface area contributed by atoms with E-state index in [-0.39, 0.29) is 12.8 Å². The van der Waals surface area contributed by atoms with Gasteiger partial charge in [0.15, 0.2) is 0 Å². The lowest BCUT2D eigenvalue weighted by molar-refractivity contribution is -0.147. The quantitative estimate of drug-likeness (QED) is 0.450. The minimum atomic E-state index is -1.45. The highest BCUT2D eigenvalue weighted by molar-refractivity contribution is 5.94. The van der Waals surface area contributed by atoms with E-state index in [2.05, 4.69) is 10.7 Å². The van der Waals surface area contributed by atoms with E-state index in [4.69, 9.17) is 15.9 Å². The standard InChI is InChI=1S/C18H29NO7/c1-9-10-12(20)11-13(14(21)24-8)19(15(22)25-17(2,3)4)16(23)26-18(5,6)7/h1,12-13,20H,10-11H2,2-8H3/t12-,13-/m0/s1. The van der Waals surface area contributed by atoms with Crippen LogP contribution in [0, 0.1) is 12.3 Å². The van der Waals surface area contributed by atoms with Crippen molar-refractivity contribution in [1.29, 1.82) is 0 Å². The van der Waals surface area contributed by atoms with Crippen molar-refractivity contribution in [3.05, 3.63) is 0 Å². The van der Waals surface area contributed by atoms with E-state index in [1.165, 1.54) is 0 Å². The van der Waals surface area contributed by atoms with Crippen LogP contribution in [0.15, 0.2) is 0 Å². The molecule has 0 unspecified atom stereocenters. The number of ether oxygens (including phenoxy) is 3. The summed E-state index contributed by atoms with van der Waals surface area (Å²) in [6, 6.07) is -1.45. The van der Waals surface area contributed by atoms with Gasteiger partial charge in [-0.05, 0) is 41.5 Å². The molecule has 0 aromatic rings. The number of imide groups is 1. The molecule has 1 N–H and O–H groups in total. The van der Waals surface area contributed by atoms with E-state index in [1.54, 1.807) is 41.5 Å². The molecule has 0 rings (SSSR count). The van der Waals surface area contributed by atoms with Crippen LogP contribution in [0.3, 0.4) is 0 Å². The fourth-order valence-corrected chi connectivity index (χ4v) is 1.87. The maximum absolute atomic E-state index is 12.6. The second-order valence-electron chi connectivity index (χ2n) is 7.67. The summed E-state index contributed by atoms with van der Waals surface area (Å²) in [4.78, 5) is 37.8. The van der Waals surface area contributed by atoms with Crippen molar-refractivity contribution in [2.24, 2.45) is 0 Å². The fourth-order valence-electron chi connectivity index (χ4n) is 1.87. The van der Waals surface area contributed by atoms with Gasteiger partial charge in [0.2, 0.25) is 0 Å². The molecule has 0 fully saturated rings. The zero-order chi connectivity index (χ0) is 20.7. The summed E-state index contributed by atoms with van der Waals surface area (Å²) < 4.78 is 15.1. The number of carbonyl (C=O) groups excluding carboxylic acids is 3. The van der Waals surface area contributed by atoms with Crippen LogP contribution in [0.4, 0.5) is 9.59 Å². The number of methoxy groups -OCH3 is 1. The summed E-state index contributed by atoms with van der Waals surface area (Å²) in [6.45, 7) is 9.66. The van der Waals surface area contributed by atoms with Crippen molar-refractivity contribution in [3.63, 3.8) is 0 Å². The highest BCUT2D eigenvalue weighted by atomic mass is 16.6. The van der Waals surface area contributed by atoms with Gasteiger partial charge in [-0.3, -0.25) is 0 Å². The van der Waals surface area contributed by atoms with Crippen LogP contribution in [-0.2, 0) is 19.0 Å². The number of nitrogens with zero attached hydrogens (tertiary/aromatic N) is 1. The number of aliphatic hydroxyl groups excluding tert-OH is 1. The molecule has 0 saturated heterocycles. The number of carbonyl (C=O) groups is 3. The number of terminal acetylenes is 1. The Morgan fingerprint density at radius 3 is 1.77 bits per heavy atom. The molecular formula is C18H29NO7. The van der Waals surface area contributed by atoms with E-state index in [0.717, 1.165) is 7.11 Å². The molecule has 2 amide bonds. The Bertz CT molecular complexity index is 523. The van der Waals surface area contributed by atoms with Gasteiger partial charge in [0.1, 0.15) is 17.2 Å². The number of esters is 1. The summed E-state index contributed by atoms with van der Waals surface area (Å²) in [5, 5.41) is 9.96. The predicted molar refractivity (Wildman–Crippen MR) is 94.2 cm³/mol. The van der Waals surface area contributed by atoms with Gasteiger partial charge in [-0.2, -0.15) is 4.90 Å². The highest BCUT2D eigenvalue weighted by Gasteiger charge is 2.41. The zero-order valence-corrected chi connectivity index (χ0v) is 16.5. The van der Waals surface area contributed by atoms with Gasteiger partial charge in [0.05, 0.1) is 13.2 Å². The average Bonchev–Trinajstić information content (AvgIpc) is 2.42. The molecule has 0 spiro atoms. The predicted octanol–water partition coefficient (Wildman–Crippen LogP) is 2.47. The second kappa shape index (κ2) is 9.43. The van der Waals surface area contributed by atoms with E-state index in [1.807, 2.05) is 0 Å². The van der Waals surface area contributed by atoms with Gasteiger partial charge < -0.3 is 19.3 Å². The molecule has 0 aromatic heterocycles. The molecule has 0 radical (unpaired) electrons. The van der Waals surface area contributed by atoms with Crippen LogP contribution < -0.4 is 0 Å². The van der Waals surface area contributed by atoms with Gasteiger partial charge in [-0.1, -0.05) is 0 Å². The third-order valence-electron chi connectivity index (χ3n) is 2.81. The molecule has 148 valence electrons. The van der Waals surface area contributed by atoms with Crippen LogP contribution in [0.5, 0.6) is 0 Å². The van der Waals surface area contributed by atoms with Crippen LogP contribution in [0.1, 0.15) is 54.4 Å². The summed E-state index contributed by atoms with van der Waals surface area (Å²) in [7, 11) is 1.10. The molecule has 8 heteroatoms. The molecule has 26 heavy (non-hydrogen) atoms. The molecule has 0 heterocycles. The summed E-state index contributed by atoms with van der Waals surface area (Å²) in [6.07, 6.45) is 1.47. The maximum Gasteiger partial charge on any atom is 0.420 e. The number of hydrogen-bond acceptors (Lipinski definition) is 7. The normalized spacial score (nSPS) is 13.8. The smallest absolute Gasteiger partial charge is 0.420 e. The van der Waals surface area contributed by atoms with Crippen molar-refractivity contribution < 1.29 is 33.7 Å². The van der Waals surface area contributed by atoms with Gasteiger partial charge in [-0.15, -0.1) is 12.3 Å². The second-order valence-corrected chi connectivity index (χ2v) is 7.67. The Morgan fingerprint density at radius 1 is 1.04 bits per heavy atom. The molecule has 0 aliphatic rings. The first kappa shape index (κ1) is 23.7. The fraction of sp³-hybridized carbons (Fsp3) is 0.722. The van der Waals surface area contributed by atoms with E-state index in [9.17, 15) is 19.5 Å². The lowest BCUT2D eigenvalue weighted by atomic mass is 10.1. The lowest BCUT2D eigenvalue weighted by Gasteiger charge is -2.32. The number of rotatable bonds is 5.